The Bertz CT molecular complexity index is 891. The molecule has 1 aliphatic rings. The van der Waals surface area contributed by atoms with Gasteiger partial charge in [0, 0.05) is 23.1 Å². The van der Waals surface area contributed by atoms with Crippen molar-refractivity contribution in [3.63, 3.8) is 0 Å². The van der Waals surface area contributed by atoms with Gasteiger partial charge in [0.2, 0.25) is 0 Å². The van der Waals surface area contributed by atoms with Crippen LogP contribution in [0.25, 0.3) is 10.9 Å². The van der Waals surface area contributed by atoms with Crippen molar-refractivity contribution < 1.29 is 9.59 Å². The zero-order valence-electron chi connectivity index (χ0n) is 12.7. The SMILES string of the molecule is C[C@@H](Cc1c[nH]c2ccccc12)N1C(=O)c2ccccc2C1=O. The quantitative estimate of drug-likeness (QED) is 0.754. The average molecular weight is 304 g/mol. The van der Waals surface area contributed by atoms with Crippen LogP contribution >= 0.6 is 0 Å². The summed E-state index contributed by atoms with van der Waals surface area (Å²) in [5.41, 5.74) is 3.19. The molecule has 0 fully saturated rings. The van der Waals surface area contributed by atoms with Gasteiger partial charge in [-0.25, -0.2) is 0 Å². The fourth-order valence-corrected chi connectivity index (χ4v) is 3.32. The first-order valence-corrected chi connectivity index (χ1v) is 7.68. The summed E-state index contributed by atoms with van der Waals surface area (Å²) in [6.07, 6.45) is 2.59. The van der Waals surface area contributed by atoms with Crippen molar-refractivity contribution in [2.24, 2.45) is 0 Å². The second kappa shape index (κ2) is 5.09. The molecule has 23 heavy (non-hydrogen) atoms. The predicted molar refractivity (Wildman–Crippen MR) is 88.4 cm³/mol. The molecule has 1 aromatic heterocycles. The second-order valence-electron chi connectivity index (χ2n) is 5.94. The molecule has 4 heteroatoms. The molecule has 0 radical (unpaired) electrons. The van der Waals surface area contributed by atoms with E-state index >= 15 is 0 Å². The molecule has 114 valence electrons. The van der Waals surface area contributed by atoms with Crippen LogP contribution in [0.2, 0.25) is 0 Å². The highest BCUT2D eigenvalue weighted by molar-refractivity contribution is 6.21. The minimum absolute atomic E-state index is 0.193. The van der Waals surface area contributed by atoms with Crippen molar-refractivity contribution in [1.82, 2.24) is 9.88 Å². The average Bonchev–Trinajstić information content (AvgIpc) is 3.08. The van der Waals surface area contributed by atoms with E-state index in [0.717, 1.165) is 16.5 Å². The molecule has 2 heterocycles. The minimum Gasteiger partial charge on any atom is -0.361 e. The lowest BCUT2D eigenvalue weighted by Gasteiger charge is -2.22. The van der Waals surface area contributed by atoms with Crippen LogP contribution in [0.4, 0.5) is 0 Å². The molecule has 2 amide bonds. The first-order chi connectivity index (χ1) is 11.2. The largest absolute Gasteiger partial charge is 0.361 e. The van der Waals surface area contributed by atoms with Crippen molar-refractivity contribution in [3.8, 4) is 0 Å². The molecule has 3 aromatic rings. The summed E-state index contributed by atoms with van der Waals surface area (Å²) in [6, 6.07) is 14.9. The zero-order valence-corrected chi connectivity index (χ0v) is 12.7. The second-order valence-corrected chi connectivity index (χ2v) is 5.94. The highest BCUT2D eigenvalue weighted by atomic mass is 16.2. The van der Waals surface area contributed by atoms with Crippen LogP contribution in [0.15, 0.2) is 54.7 Å². The summed E-state index contributed by atoms with van der Waals surface area (Å²) in [7, 11) is 0. The molecule has 1 N–H and O–H groups in total. The van der Waals surface area contributed by atoms with E-state index in [1.54, 1.807) is 24.3 Å². The molecule has 0 bridgehead atoms. The number of carbonyl (C=O) groups is 2. The first-order valence-electron chi connectivity index (χ1n) is 7.68. The van der Waals surface area contributed by atoms with Gasteiger partial charge < -0.3 is 4.98 Å². The highest BCUT2D eigenvalue weighted by Crippen LogP contribution is 2.27. The molecule has 0 saturated carbocycles. The summed E-state index contributed by atoms with van der Waals surface area (Å²) >= 11 is 0. The van der Waals surface area contributed by atoms with Crippen LogP contribution in [0.3, 0.4) is 0 Å². The molecular formula is C19H16N2O2. The summed E-state index contributed by atoms with van der Waals surface area (Å²) in [5.74, 6) is -0.393. The lowest BCUT2D eigenvalue weighted by Crippen LogP contribution is -2.39. The van der Waals surface area contributed by atoms with Crippen molar-refractivity contribution in [1.29, 1.82) is 0 Å². The van der Waals surface area contributed by atoms with E-state index in [-0.39, 0.29) is 17.9 Å². The molecule has 4 rings (SSSR count). The van der Waals surface area contributed by atoms with Gasteiger partial charge in [0.15, 0.2) is 0 Å². The number of H-pyrrole nitrogens is 1. The van der Waals surface area contributed by atoms with Crippen LogP contribution < -0.4 is 0 Å². The lowest BCUT2D eigenvalue weighted by molar-refractivity contribution is 0.0597. The van der Waals surface area contributed by atoms with E-state index in [2.05, 4.69) is 11.1 Å². The maximum absolute atomic E-state index is 12.5. The molecular weight excluding hydrogens is 288 g/mol. The van der Waals surface area contributed by atoms with Crippen molar-refractivity contribution in [2.75, 3.05) is 0 Å². The fraction of sp³-hybridized carbons (Fsp3) is 0.158. The number of aromatic amines is 1. The van der Waals surface area contributed by atoms with Gasteiger partial charge in [-0.3, -0.25) is 14.5 Å². The van der Waals surface area contributed by atoms with E-state index in [1.165, 1.54) is 4.90 Å². The standard InChI is InChI=1S/C19H16N2O2/c1-12(10-13-11-20-17-9-5-4-6-14(13)17)21-18(22)15-7-2-3-8-16(15)19(21)23/h2-9,11-12,20H,10H2,1H3/t12-/m0/s1. The number of nitrogens with zero attached hydrogens (tertiary/aromatic N) is 1. The summed E-state index contributed by atoms with van der Waals surface area (Å²) in [5, 5.41) is 1.14. The normalized spacial score (nSPS) is 15.3. The van der Waals surface area contributed by atoms with Gasteiger partial charge in [0.05, 0.1) is 11.1 Å². The van der Waals surface area contributed by atoms with Crippen LogP contribution in [-0.2, 0) is 6.42 Å². The van der Waals surface area contributed by atoms with Crippen molar-refractivity contribution >= 4 is 22.7 Å². The Hall–Kier alpha value is -2.88. The maximum atomic E-state index is 12.5. The molecule has 0 spiro atoms. The number of imide groups is 1. The van der Waals surface area contributed by atoms with Crippen LogP contribution in [0.5, 0.6) is 0 Å². The third-order valence-electron chi connectivity index (χ3n) is 4.46. The zero-order chi connectivity index (χ0) is 16.0. The molecule has 0 saturated heterocycles. The lowest BCUT2D eigenvalue weighted by atomic mass is 10.1. The van der Waals surface area contributed by atoms with Gasteiger partial charge >= 0.3 is 0 Å². The topological polar surface area (TPSA) is 53.2 Å². The number of para-hydroxylation sites is 1. The third-order valence-corrected chi connectivity index (χ3v) is 4.46. The van der Waals surface area contributed by atoms with Crippen LogP contribution in [0, 0.1) is 0 Å². The molecule has 0 aliphatic carbocycles. The first kappa shape index (κ1) is 13.8. The smallest absolute Gasteiger partial charge is 0.261 e. The van der Waals surface area contributed by atoms with Gasteiger partial charge in [-0.2, -0.15) is 0 Å². The monoisotopic (exact) mass is 304 g/mol. The van der Waals surface area contributed by atoms with Crippen molar-refractivity contribution in [2.45, 2.75) is 19.4 Å². The number of benzene rings is 2. The summed E-state index contributed by atoms with van der Waals surface area (Å²) < 4.78 is 0. The van der Waals surface area contributed by atoms with Gasteiger partial charge in [-0.05, 0) is 37.1 Å². The number of aromatic nitrogens is 1. The van der Waals surface area contributed by atoms with Gasteiger partial charge in [-0.1, -0.05) is 30.3 Å². The number of hydrogen-bond donors (Lipinski definition) is 1. The fourth-order valence-electron chi connectivity index (χ4n) is 3.32. The Balaban J connectivity index is 1.64. The summed E-state index contributed by atoms with van der Waals surface area (Å²) in [6.45, 7) is 1.92. The van der Waals surface area contributed by atoms with E-state index in [9.17, 15) is 9.59 Å². The number of carbonyl (C=O) groups excluding carboxylic acids is 2. The Kier molecular flexibility index (Phi) is 3.05. The Labute approximate surface area is 133 Å². The number of amides is 2. The van der Waals surface area contributed by atoms with E-state index in [4.69, 9.17) is 0 Å². The summed E-state index contributed by atoms with van der Waals surface area (Å²) in [4.78, 5) is 29.7. The van der Waals surface area contributed by atoms with Gasteiger partial charge in [0.25, 0.3) is 11.8 Å². The van der Waals surface area contributed by atoms with Crippen LogP contribution in [0.1, 0.15) is 33.2 Å². The predicted octanol–water partition coefficient (Wildman–Crippen LogP) is 3.40. The van der Waals surface area contributed by atoms with E-state index in [0.29, 0.717) is 17.5 Å². The minimum atomic E-state index is -0.196. The Morgan fingerprint density at radius 2 is 1.57 bits per heavy atom. The van der Waals surface area contributed by atoms with E-state index in [1.807, 2.05) is 31.3 Å². The maximum Gasteiger partial charge on any atom is 0.261 e. The molecule has 1 atom stereocenters. The highest BCUT2D eigenvalue weighted by Gasteiger charge is 2.38. The molecule has 4 nitrogen and oxygen atoms in total. The third kappa shape index (κ3) is 2.06. The number of hydrogen-bond acceptors (Lipinski definition) is 2. The number of nitrogens with one attached hydrogen (secondary N) is 1. The van der Waals surface area contributed by atoms with Crippen LogP contribution in [-0.4, -0.2) is 27.7 Å². The number of rotatable bonds is 3. The number of fused-ring (bicyclic) bond motifs is 2. The Morgan fingerprint density at radius 3 is 2.26 bits per heavy atom. The van der Waals surface area contributed by atoms with Crippen molar-refractivity contribution in [3.05, 3.63) is 71.4 Å². The van der Waals surface area contributed by atoms with Gasteiger partial charge in [-0.15, -0.1) is 0 Å². The molecule has 2 aromatic carbocycles. The molecule has 1 aliphatic heterocycles. The van der Waals surface area contributed by atoms with Gasteiger partial charge in [0.1, 0.15) is 0 Å². The Morgan fingerprint density at radius 1 is 0.957 bits per heavy atom. The van der Waals surface area contributed by atoms with E-state index < -0.39 is 0 Å². The molecule has 0 unspecified atom stereocenters.